The molecule has 17 heavy (non-hydrogen) atoms. The fourth-order valence-corrected chi connectivity index (χ4v) is 1.82. The maximum atomic E-state index is 10.7. The number of hydrogen-bond acceptors (Lipinski definition) is 4. The molecule has 1 rings (SSSR count). The Labute approximate surface area is 109 Å². The van der Waals surface area contributed by atoms with Crippen molar-refractivity contribution < 1.29 is 19.0 Å². The zero-order chi connectivity index (χ0) is 12.7. The van der Waals surface area contributed by atoms with E-state index in [1.54, 1.807) is 12.1 Å². The summed E-state index contributed by atoms with van der Waals surface area (Å²) in [5.41, 5.74) is 0.532. The third kappa shape index (κ3) is 4.02. The summed E-state index contributed by atoms with van der Waals surface area (Å²) < 4.78 is 16.7. The van der Waals surface area contributed by atoms with E-state index in [0.717, 1.165) is 6.29 Å². The van der Waals surface area contributed by atoms with Crippen LogP contribution in [0.1, 0.15) is 24.2 Å². The molecule has 1 aromatic rings. The molecule has 0 aromatic heterocycles. The Hall–Kier alpha value is -1.07. The molecular weight excluding hydrogens is 288 g/mol. The number of aldehydes is 1. The van der Waals surface area contributed by atoms with Gasteiger partial charge in [0.25, 0.3) is 0 Å². The molecule has 0 radical (unpaired) electrons. The highest BCUT2D eigenvalue weighted by Crippen LogP contribution is 2.36. The Kier molecular flexibility index (Phi) is 6.00. The Bertz CT molecular complexity index is 379. The number of ether oxygens (including phenoxy) is 3. The van der Waals surface area contributed by atoms with Crippen molar-refractivity contribution in [2.75, 3.05) is 20.0 Å². The molecule has 5 heteroatoms. The van der Waals surface area contributed by atoms with Gasteiger partial charge in [-0.3, -0.25) is 4.79 Å². The molecule has 0 saturated heterocycles. The van der Waals surface area contributed by atoms with E-state index in [9.17, 15) is 4.79 Å². The molecule has 0 aliphatic rings. The molecule has 0 fully saturated rings. The Morgan fingerprint density at radius 1 is 1.24 bits per heavy atom. The Morgan fingerprint density at radius 2 is 2.00 bits per heavy atom. The largest absolute Gasteiger partial charge is 0.490 e. The molecule has 0 bridgehead atoms. The zero-order valence-electron chi connectivity index (χ0n) is 9.86. The predicted molar refractivity (Wildman–Crippen MR) is 67.8 cm³/mol. The summed E-state index contributed by atoms with van der Waals surface area (Å²) in [7, 11) is 0. The summed E-state index contributed by atoms with van der Waals surface area (Å²) >= 11 is 3.34. The van der Waals surface area contributed by atoms with Crippen LogP contribution in [0.5, 0.6) is 11.5 Å². The van der Waals surface area contributed by atoms with Crippen LogP contribution in [0.25, 0.3) is 0 Å². The van der Waals surface area contributed by atoms with Crippen molar-refractivity contribution in [1.29, 1.82) is 0 Å². The number of carbonyl (C=O) groups is 1. The molecule has 0 atom stereocenters. The quantitative estimate of drug-likeness (QED) is 0.441. The number of carbonyl (C=O) groups excluding carboxylic acids is 1. The SMILES string of the molecule is CCOCOc1c(Br)cc(C=O)cc1OCC. The number of rotatable bonds is 7. The van der Waals surface area contributed by atoms with E-state index in [2.05, 4.69) is 15.9 Å². The molecular formula is C12H15BrO4. The van der Waals surface area contributed by atoms with Gasteiger partial charge in [0.1, 0.15) is 6.29 Å². The summed E-state index contributed by atoms with van der Waals surface area (Å²) in [4.78, 5) is 10.7. The summed E-state index contributed by atoms with van der Waals surface area (Å²) in [6.45, 7) is 4.98. The molecule has 0 N–H and O–H groups in total. The van der Waals surface area contributed by atoms with Gasteiger partial charge in [-0.1, -0.05) is 0 Å². The fourth-order valence-electron chi connectivity index (χ4n) is 1.24. The second-order valence-electron chi connectivity index (χ2n) is 3.14. The summed E-state index contributed by atoms with van der Waals surface area (Å²) in [6, 6.07) is 3.32. The highest BCUT2D eigenvalue weighted by Gasteiger charge is 2.12. The van der Waals surface area contributed by atoms with E-state index in [1.807, 2.05) is 13.8 Å². The van der Waals surface area contributed by atoms with Crippen molar-refractivity contribution in [1.82, 2.24) is 0 Å². The van der Waals surface area contributed by atoms with Crippen LogP contribution in [-0.2, 0) is 4.74 Å². The van der Waals surface area contributed by atoms with E-state index < -0.39 is 0 Å². The molecule has 94 valence electrons. The van der Waals surface area contributed by atoms with Crippen LogP contribution >= 0.6 is 15.9 Å². The van der Waals surface area contributed by atoms with Crippen molar-refractivity contribution in [3.63, 3.8) is 0 Å². The number of hydrogen-bond donors (Lipinski definition) is 0. The van der Waals surface area contributed by atoms with E-state index in [1.165, 1.54) is 0 Å². The van der Waals surface area contributed by atoms with Crippen LogP contribution < -0.4 is 9.47 Å². The van der Waals surface area contributed by atoms with Gasteiger partial charge in [0.2, 0.25) is 0 Å². The standard InChI is InChI=1S/C12H15BrO4/c1-3-15-8-17-12-10(13)5-9(7-14)6-11(12)16-4-2/h5-7H,3-4,8H2,1-2H3. The smallest absolute Gasteiger partial charge is 0.189 e. The van der Waals surface area contributed by atoms with Gasteiger partial charge in [-0.15, -0.1) is 0 Å². The fraction of sp³-hybridized carbons (Fsp3) is 0.417. The summed E-state index contributed by atoms with van der Waals surface area (Å²) in [5.74, 6) is 1.08. The predicted octanol–water partition coefficient (Wildman–Crippen LogP) is 3.03. The first-order valence-electron chi connectivity index (χ1n) is 5.35. The van der Waals surface area contributed by atoms with Crippen molar-refractivity contribution in [3.05, 3.63) is 22.2 Å². The minimum Gasteiger partial charge on any atom is -0.490 e. The number of halogens is 1. The van der Waals surface area contributed by atoms with Crippen molar-refractivity contribution in [2.24, 2.45) is 0 Å². The topological polar surface area (TPSA) is 44.8 Å². The molecule has 0 aliphatic carbocycles. The molecule has 0 heterocycles. The van der Waals surface area contributed by atoms with Crippen LogP contribution in [-0.4, -0.2) is 26.3 Å². The molecule has 0 aliphatic heterocycles. The van der Waals surface area contributed by atoms with Gasteiger partial charge < -0.3 is 14.2 Å². The average molecular weight is 303 g/mol. The van der Waals surface area contributed by atoms with Gasteiger partial charge in [0, 0.05) is 12.2 Å². The van der Waals surface area contributed by atoms with Gasteiger partial charge >= 0.3 is 0 Å². The molecule has 0 unspecified atom stereocenters. The van der Waals surface area contributed by atoms with E-state index in [4.69, 9.17) is 14.2 Å². The Balaban J connectivity index is 2.94. The van der Waals surface area contributed by atoms with Crippen molar-refractivity contribution in [2.45, 2.75) is 13.8 Å². The zero-order valence-corrected chi connectivity index (χ0v) is 11.5. The molecule has 0 saturated carbocycles. The highest BCUT2D eigenvalue weighted by molar-refractivity contribution is 9.10. The average Bonchev–Trinajstić information content (AvgIpc) is 2.32. The third-order valence-corrected chi connectivity index (χ3v) is 2.55. The third-order valence-electron chi connectivity index (χ3n) is 1.96. The van der Waals surface area contributed by atoms with Crippen LogP contribution in [0.2, 0.25) is 0 Å². The molecule has 4 nitrogen and oxygen atoms in total. The minimum absolute atomic E-state index is 0.148. The van der Waals surface area contributed by atoms with E-state index in [0.29, 0.717) is 34.7 Å². The second-order valence-corrected chi connectivity index (χ2v) is 3.99. The first kappa shape index (κ1) is 14.0. The first-order valence-corrected chi connectivity index (χ1v) is 6.14. The van der Waals surface area contributed by atoms with Crippen LogP contribution in [0.4, 0.5) is 0 Å². The normalized spacial score (nSPS) is 10.1. The van der Waals surface area contributed by atoms with Gasteiger partial charge in [-0.2, -0.15) is 0 Å². The highest BCUT2D eigenvalue weighted by atomic mass is 79.9. The monoisotopic (exact) mass is 302 g/mol. The first-order chi connectivity index (χ1) is 8.22. The maximum Gasteiger partial charge on any atom is 0.189 e. The summed E-state index contributed by atoms with van der Waals surface area (Å²) in [5, 5.41) is 0. The van der Waals surface area contributed by atoms with Crippen molar-refractivity contribution >= 4 is 22.2 Å². The van der Waals surface area contributed by atoms with Crippen LogP contribution in [0.15, 0.2) is 16.6 Å². The lowest BCUT2D eigenvalue weighted by Crippen LogP contribution is -2.05. The van der Waals surface area contributed by atoms with Gasteiger partial charge in [-0.05, 0) is 41.9 Å². The van der Waals surface area contributed by atoms with Crippen LogP contribution in [0.3, 0.4) is 0 Å². The van der Waals surface area contributed by atoms with Gasteiger partial charge in [0.15, 0.2) is 18.3 Å². The minimum atomic E-state index is 0.148. The van der Waals surface area contributed by atoms with Gasteiger partial charge in [0.05, 0.1) is 11.1 Å². The lowest BCUT2D eigenvalue weighted by atomic mass is 10.2. The maximum absolute atomic E-state index is 10.7. The Morgan fingerprint density at radius 3 is 2.59 bits per heavy atom. The summed E-state index contributed by atoms with van der Waals surface area (Å²) in [6.07, 6.45) is 0.763. The number of benzene rings is 1. The van der Waals surface area contributed by atoms with Gasteiger partial charge in [-0.25, -0.2) is 0 Å². The molecule has 0 amide bonds. The van der Waals surface area contributed by atoms with E-state index >= 15 is 0 Å². The lowest BCUT2D eigenvalue weighted by molar-refractivity contribution is 0.0201. The van der Waals surface area contributed by atoms with E-state index in [-0.39, 0.29) is 6.79 Å². The molecule has 0 spiro atoms. The van der Waals surface area contributed by atoms with Crippen LogP contribution in [0, 0.1) is 0 Å². The second kappa shape index (κ2) is 7.29. The van der Waals surface area contributed by atoms with Crippen molar-refractivity contribution in [3.8, 4) is 11.5 Å². The lowest BCUT2D eigenvalue weighted by Gasteiger charge is -2.13. The molecule has 1 aromatic carbocycles.